The van der Waals surface area contributed by atoms with Crippen LogP contribution in [0.2, 0.25) is 0 Å². The van der Waals surface area contributed by atoms with Crippen LogP contribution >= 0.6 is 0 Å². The normalized spacial score (nSPS) is 34.7. The first-order valence-corrected chi connectivity index (χ1v) is 9.96. The molecule has 2 saturated heterocycles. The lowest BCUT2D eigenvalue weighted by molar-refractivity contribution is -0.214. The van der Waals surface area contributed by atoms with Gasteiger partial charge in [0, 0.05) is 31.6 Å². The van der Waals surface area contributed by atoms with E-state index in [0.29, 0.717) is 12.8 Å². The van der Waals surface area contributed by atoms with E-state index in [-0.39, 0.29) is 0 Å². The smallest absolute Gasteiger partial charge is 0.321 e. The van der Waals surface area contributed by atoms with Crippen LogP contribution in [0.3, 0.4) is 0 Å². The van der Waals surface area contributed by atoms with Crippen LogP contribution in [0.25, 0.3) is 0 Å². The van der Waals surface area contributed by atoms with Gasteiger partial charge in [0.1, 0.15) is 0 Å². The summed E-state index contributed by atoms with van der Waals surface area (Å²) in [5.41, 5.74) is 1.92. The van der Waals surface area contributed by atoms with Crippen molar-refractivity contribution in [1.29, 1.82) is 0 Å². The molecule has 0 bridgehead atoms. The zero-order valence-corrected chi connectivity index (χ0v) is 17.3. The third kappa shape index (κ3) is 3.29. The molecule has 1 aromatic carbocycles. The lowest BCUT2D eigenvalue weighted by Crippen LogP contribution is -2.45. The highest BCUT2D eigenvalue weighted by Gasteiger charge is 2.59. The maximum absolute atomic E-state index is 12.5. The van der Waals surface area contributed by atoms with Crippen molar-refractivity contribution in [3.8, 4) is 0 Å². The van der Waals surface area contributed by atoms with E-state index in [1.807, 2.05) is 32.0 Å². The molecule has 8 nitrogen and oxygen atoms in total. The lowest BCUT2D eigenvalue weighted by atomic mass is 9.58. The molecule has 0 radical (unpaired) electrons. The highest BCUT2D eigenvalue weighted by atomic mass is 16.8. The van der Waals surface area contributed by atoms with E-state index < -0.39 is 59.6 Å². The van der Waals surface area contributed by atoms with Crippen LogP contribution < -0.4 is 0 Å². The van der Waals surface area contributed by atoms with E-state index in [0.717, 1.165) is 16.7 Å². The van der Waals surface area contributed by atoms with Crippen molar-refractivity contribution in [3.63, 3.8) is 0 Å². The van der Waals surface area contributed by atoms with Gasteiger partial charge in [-0.25, -0.2) is 0 Å². The molecule has 1 aromatic rings. The Balaban J connectivity index is 1.79. The van der Waals surface area contributed by atoms with Crippen molar-refractivity contribution in [2.75, 3.05) is 0 Å². The van der Waals surface area contributed by atoms with E-state index in [1.54, 1.807) is 0 Å². The van der Waals surface area contributed by atoms with E-state index in [4.69, 9.17) is 18.9 Å². The third-order valence-corrected chi connectivity index (χ3v) is 6.42. The summed E-state index contributed by atoms with van der Waals surface area (Å²) < 4.78 is 21.3. The molecule has 2 aliphatic heterocycles. The topological polar surface area (TPSA) is 105 Å². The Kier molecular flexibility index (Phi) is 4.92. The molecule has 6 atom stereocenters. The Morgan fingerprint density at radius 1 is 1.10 bits per heavy atom. The van der Waals surface area contributed by atoms with Gasteiger partial charge >= 0.3 is 23.9 Å². The largest absolute Gasteiger partial charge is 0.436 e. The predicted octanol–water partition coefficient (Wildman–Crippen LogP) is 2.25. The molecule has 0 aromatic heterocycles. The Morgan fingerprint density at radius 2 is 1.80 bits per heavy atom. The Morgan fingerprint density at radius 3 is 2.47 bits per heavy atom. The van der Waals surface area contributed by atoms with Gasteiger partial charge in [0.05, 0.1) is 11.8 Å². The van der Waals surface area contributed by atoms with Gasteiger partial charge < -0.3 is 18.9 Å². The fourth-order valence-corrected chi connectivity index (χ4v) is 5.17. The van der Waals surface area contributed by atoms with E-state index in [2.05, 4.69) is 0 Å². The molecule has 3 aliphatic rings. The quantitative estimate of drug-likeness (QED) is 0.420. The van der Waals surface area contributed by atoms with Crippen LogP contribution in [-0.4, -0.2) is 36.5 Å². The fraction of sp³-hybridized carbons (Fsp3) is 0.545. The Labute approximate surface area is 173 Å². The summed E-state index contributed by atoms with van der Waals surface area (Å²) in [6, 6.07) is 5.80. The molecule has 0 spiro atoms. The van der Waals surface area contributed by atoms with Crippen molar-refractivity contribution >= 4 is 23.9 Å². The van der Waals surface area contributed by atoms with Crippen LogP contribution in [0.4, 0.5) is 0 Å². The number of carbonyl (C=O) groups is 4. The highest BCUT2D eigenvalue weighted by molar-refractivity contribution is 6.00. The molecule has 1 aliphatic carbocycles. The second kappa shape index (κ2) is 7.19. The number of benzene rings is 1. The first-order chi connectivity index (χ1) is 14.1. The number of cyclic esters (lactones) is 2. The van der Waals surface area contributed by atoms with Crippen molar-refractivity contribution in [3.05, 3.63) is 34.9 Å². The molecule has 4 rings (SSSR count). The lowest BCUT2D eigenvalue weighted by Gasteiger charge is -2.44. The van der Waals surface area contributed by atoms with E-state index in [9.17, 15) is 19.2 Å². The molecule has 160 valence electrons. The van der Waals surface area contributed by atoms with Gasteiger partial charge in [-0.05, 0) is 24.5 Å². The maximum atomic E-state index is 12.5. The first kappa shape index (κ1) is 20.5. The summed E-state index contributed by atoms with van der Waals surface area (Å²) in [5, 5.41) is 0. The number of fused-ring (bicyclic) bond motifs is 3. The van der Waals surface area contributed by atoms with Gasteiger partial charge in [-0.15, -0.1) is 0 Å². The van der Waals surface area contributed by atoms with Crippen molar-refractivity contribution in [2.24, 2.45) is 11.8 Å². The minimum absolute atomic E-state index is 0.293. The summed E-state index contributed by atoms with van der Waals surface area (Å²) in [5.74, 6) is -3.75. The van der Waals surface area contributed by atoms with Crippen molar-refractivity contribution in [2.45, 2.75) is 64.4 Å². The van der Waals surface area contributed by atoms with Gasteiger partial charge in [-0.2, -0.15) is 0 Å². The average molecular weight is 416 g/mol. The zero-order chi connectivity index (χ0) is 21.8. The summed E-state index contributed by atoms with van der Waals surface area (Å²) in [6.45, 7) is 6.44. The molecular formula is C22H24O8. The first-order valence-electron chi connectivity index (χ1n) is 9.96. The van der Waals surface area contributed by atoms with E-state index in [1.165, 1.54) is 13.8 Å². The van der Waals surface area contributed by atoms with Gasteiger partial charge in [0.2, 0.25) is 12.6 Å². The molecule has 0 amide bonds. The third-order valence-electron chi connectivity index (χ3n) is 6.42. The summed E-state index contributed by atoms with van der Waals surface area (Å²) in [4.78, 5) is 48.0. The van der Waals surface area contributed by atoms with Gasteiger partial charge in [-0.3, -0.25) is 19.2 Å². The molecule has 2 fully saturated rings. The minimum atomic E-state index is -0.948. The molecular weight excluding hydrogens is 392 g/mol. The van der Waals surface area contributed by atoms with Crippen LogP contribution in [0.15, 0.2) is 18.2 Å². The van der Waals surface area contributed by atoms with Crippen LogP contribution in [0.5, 0.6) is 0 Å². The summed E-state index contributed by atoms with van der Waals surface area (Å²) in [6.07, 6.45) is -1.19. The molecule has 2 heterocycles. The Hall–Kier alpha value is -2.74. The number of rotatable bonds is 3. The molecule has 6 unspecified atom stereocenters. The fourth-order valence-electron chi connectivity index (χ4n) is 5.17. The van der Waals surface area contributed by atoms with Gasteiger partial charge in [0.25, 0.3) is 0 Å². The highest BCUT2D eigenvalue weighted by Crippen LogP contribution is 2.56. The van der Waals surface area contributed by atoms with Crippen LogP contribution in [0, 0.1) is 18.8 Å². The number of hydrogen-bond donors (Lipinski definition) is 0. The average Bonchev–Trinajstić information content (AvgIpc) is 3.14. The number of ether oxygens (including phenoxy) is 4. The SMILES string of the molecule is CC(=O)OC1CC(C2(C)CC3C(=O)OC(=O)C3c3cc(C)ccc32)C(OC(C)=O)O1. The van der Waals surface area contributed by atoms with Crippen LogP contribution in [-0.2, 0) is 43.5 Å². The number of carbonyl (C=O) groups excluding carboxylic acids is 4. The number of aryl methyl sites for hydroxylation is 1. The minimum Gasteiger partial charge on any atom is -0.436 e. The second-order valence-electron chi connectivity index (χ2n) is 8.53. The zero-order valence-electron chi connectivity index (χ0n) is 17.3. The second-order valence-corrected chi connectivity index (χ2v) is 8.53. The Bertz CT molecular complexity index is 937. The monoisotopic (exact) mass is 416 g/mol. The van der Waals surface area contributed by atoms with E-state index >= 15 is 0 Å². The molecule has 30 heavy (non-hydrogen) atoms. The predicted molar refractivity (Wildman–Crippen MR) is 101 cm³/mol. The number of esters is 4. The van der Waals surface area contributed by atoms with Crippen molar-refractivity contribution < 1.29 is 38.1 Å². The molecule has 0 N–H and O–H groups in total. The van der Waals surface area contributed by atoms with Crippen LogP contribution in [0.1, 0.15) is 56.2 Å². The van der Waals surface area contributed by atoms with Gasteiger partial charge in [-0.1, -0.05) is 30.7 Å². The molecule has 0 saturated carbocycles. The maximum Gasteiger partial charge on any atom is 0.321 e. The van der Waals surface area contributed by atoms with Crippen molar-refractivity contribution in [1.82, 2.24) is 0 Å². The van der Waals surface area contributed by atoms with Gasteiger partial charge in [0.15, 0.2) is 0 Å². The standard InChI is InChI=1S/C22H24O8/c1-10-5-6-15-13(7-10)18-14(19(25)30-20(18)26)9-22(15,4)16-8-17(27-11(2)23)29-21(16)28-12(3)24/h5-7,14,16-18,21H,8-9H2,1-4H3. The molecule has 8 heteroatoms. The summed E-state index contributed by atoms with van der Waals surface area (Å²) in [7, 11) is 0. The summed E-state index contributed by atoms with van der Waals surface area (Å²) >= 11 is 0. The number of hydrogen-bond acceptors (Lipinski definition) is 8.